The fraction of sp³-hybridized carbons (Fsp3) is 0.587. The van der Waals surface area contributed by atoms with Crippen molar-refractivity contribution >= 4 is 27.9 Å². The van der Waals surface area contributed by atoms with E-state index in [9.17, 15) is 0 Å². The number of aromatic nitrogens is 5. The van der Waals surface area contributed by atoms with E-state index in [2.05, 4.69) is 89.8 Å². The summed E-state index contributed by atoms with van der Waals surface area (Å²) in [6, 6.07) is 15.5. The summed E-state index contributed by atoms with van der Waals surface area (Å²) in [5, 5.41) is 4.54. The van der Waals surface area contributed by atoms with E-state index in [0.29, 0.717) is 18.5 Å². The monoisotopic (exact) mass is 775 g/mol. The minimum Gasteiger partial charge on any atom is -0.497 e. The number of ether oxygens (including phenoxy) is 4. The number of imidazole rings is 1. The average molecular weight is 776 g/mol. The van der Waals surface area contributed by atoms with Crippen molar-refractivity contribution in [1.29, 1.82) is 0 Å². The van der Waals surface area contributed by atoms with Gasteiger partial charge in [0.25, 0.3) is 0 Å². The maximum atomic E-state index is 6.77. The zero-order chi connectivity index (χ0) is 39.5. The molecule has 4 atom stereocenters. The van der Waals surface area contributed by atoms with E-state index in [1.165, 1.54) is 50.6 Å². The number of benzene rings is 2. The van der Waals surface area contributed by atoms with Gasteiger partial charge in [-0.25, -0.2) is 15.0 Å². The number of anilines is 1. The molecule has 3 aliphatic carbocycles. The number of aryl methyl sites for hydroxylation is 1. The van der Waals surface area contributed by atoms with Crippen LogP contribution in [0, 0.1) is 17.8 Å². The molecule has 0 amide bonds. The van der Waals surface area contributed by atoms with E-state index < -0.39 is 5.79 Å². The summed E-state index contributed by atoms with van der Waals surface area (Å²) in [4.78, 5) is 21.0. The first-order valence-corrected chi connectivity index (χ1v) is 21.3. The molecule has 3 aromatic heterocycles. The molecule has 57 heavy (non-hydrogen) atoms. The van der Waals surface area contributed by atoms with Crippen molar-refractivity contribution in [3.05, 3.63) is 71.9 Å². The Morgan fingerprint density at radius 2 is 1.77 bits per heavy atom. The Kier molecular flexibility index (Phi) is 10.2. The first-order valence-electron chi connectivity index (χ1n) is 21.3. The average Bonchev–Trinajstić information content (AvgIpc) is 3.92. The number of hydrogen-bond donors (Lipinski definition) is 2. The molecule has 1 aliphatic heterocycles. The summed E-state index contributed by atoms with van der Waals surface area (Å²) in [5.41, 5.74) is 5.65. The van der Waals surface area contributed by atoms with Gasteiger partial charge in [0.2, 0.25) is 0 Å². The predicted octanol–water partition coefficient (Wildman–Crippen LogP) is 8.83. The lowest BCUT2D eigenvalue weighted by atomic mass is 9.75. The third kappa shape index (κ3) is 7.75. The number of fused-ring (bicyclic) bond motifs is 3. The summed E-state index contributed by atoms with van der Waals surface area (Å²) in [6.45, 7) is 13.7. The quantitative estimate of drug-likeness (QED) is 0.114. The standard InChI is InChI=1S/C46H61N7O4/c1-45(2,3)32-13-15-36-37(22-32)51-40(50-36)16-11-29-19-33(20-29)52(25-28-9-8-10-28)26-31-21-38(42-41(31)56-46(4,5)57-42)53-18-17-35-43(48-27-49-44(35)53)47-24-30-12-14-34(54-6)23-39(30)55-7/h12-15,17-18,22-23,27-29,31,33,38,41-42H,8-11,16,19-21,24-26H2,1-7H3,(H,50,51)(H,47,48,49)/t29?,31?,33?,38-,41-,42+/m1/s1. The number of nitrogens with zero attached hydrogens (tertiary/aromatic N) is 5. The number of rotatable bonds is 14. The molecule has 5 aromatic rings. The molecule has 11 nitrogen and oxygen atoms in total. The molecule has 2 N–H and O–H groups in total. The van der Waals surface area contributed by atoms with Crippen LogP contribution in [0.15, 0.2) is 55.0 Å². The normalized spacial score (nSPS) is 25.8. The van der Waals surface area contributed by atoms with Gasteiger partial charge < -0.3 is 33.8 Å². The Labute approximate surface area is 337 Å². The topological polar surface area (TPSA) is 112 Å². The number of methoxy groups -OCH3 is 2. The minimum atomic E-state index is -0.625. The summed E-state index contributed by atoms with van der Waals surface area (Å²) in [6.07, 6.45) is 13.6. The van der Waals surface area contributed by atoms with Gasteiger partial charge in [0.15, 0.2) is 5.79 Å². The second kappa shape index (κ2) is 15.2. The van der Waals surface area contributed by atoms with Crippen LogP contribution in [-0.4, -0.2) is 80.7 Å². The molecule has 9 rings (SSSR count). The van der Waals surface area contributed by atoms with Crippen molar-refractivity contribution in [2.45, 2.75) is 128 Å². The van der Waals surface area contributed by atoms with Crippen LogP contribution in [-0.2, 0) is 27.9 Å². The number of hydrogen-bond acceptors (Lipinski definition) is 9. The van der Waals surface area contributed by atoms with Gasteiger partial charge in [-0.15, -0.1) is 0 Å². The van der Waals surface area contributed by atoms with Gasteiger partial charge in [-0.1, -0.05) is 33.3 Å². The molecule has 3 saturated carbocycles. The van der Waals surface area contributed by atoms with Gasteiger partial charge in [-0.3, -0.25) is 4.90 Å². The van der Waals surface area contributed by atoms with Crippen molar-refractivity contribution in [2.24, 2.45) is 17.8 Å². The van der Waals surface area contributed by atoms with Crippen molar-refractivity contribution < 1.29 is 18.9 Å². The molecule has 0 radical (unpaired) electrons. The highest BCUT2D eigenvalue weighted by atomic mass is 16.8. The maximum absolute atomic E-state index is 6.77. The van der Waals surface area contributed by atoms with Gasteiger partial charge in [-0.2, -0.15) is 0 Å². The molecule has 4 fully saturated rings. The Balaban J connectivity index is 0.879. The van der Waals surface area contributed by atoms with Crippen molar-refractivity contribution in [3.8, 4) is 11.5 Å². The van der Waals surface area contributed by atoms with Gasteiger partial charge in [0, 0.05) is 55.8 Å². The van der Waals surface area contributed by atoms with E-state index in [1.54, 1.807) is 20.5 Å². The Morgan fingerprint density at radius 3 is 2.53 bits per heavy atom. The lowest BCUT2D eigenvalue weighted by Gasteiger charge is -2.46. The van der Waals surface area contributed by atoms with Crippen LogP contribution in [0.4, 0.5) is 5.82 Å². The third-order valence-corrected chi connectivity index (χ3v) is 13.5. The van der Waals surface area contributed by atoms with Crippen molar-refractivity contribution in [2.75, 3.05) is 32.6 Å². The molecule has 0 bridgehead atoms. The van der Waals surface area contributed by atoms with Gasteiger partial charge in [0.05, 0.1) is 42.8 Å². The van der Waals surface area contributed by atoms with Crippen LogP contribution >= 0.6 is 0 Å². The number of H-pyrrole nitrogens is 1. The molecular weight excluding hydrogens is 715 g/mol. The maximum Gasteiger partial charge on any atom is 0.163 e. The molecule has 304 valence electrons. The first kappa shape index (κ1) is 38.3. The smallest absolute Gasteiger partial charge is 0.163 e. The van der Waals surface area contributed by atoms with E-state index in [0.717, 1.165) is 82.0 Å². The number of nitrogens with one attached hydrogen (secondary N) is 2. The minimum absolute atomic E-state index is 0.0380. The largest absolute Gasteiger partial charge is 0.497 e. The van der Waals surface area contributed by atoms with E-state index in [1.807, 2.05) is 18.2 Å². The van der Waals surface area contributed by atoms with E-state index in [-0.39, 0.29) is 23.7 Å². The van der Waals surface area contributed by atoms with E-state index in [4.69, 9.17) is 28.9 Å². The van der Waals surface area contributed by atoms with Crippen molar-refractivity contribution in [1.82, 2.24) is 29.4 Å². The van der Waals surface area contributed by atoms with Crippen LogP contribution < -0.4 is 14.8 Å². The fourth-order valence-corrected chi connectivity index (χ4v) is 9.97. The molecule has 1 saturated heterocycles. The van der Waals surface area contributed by atoms with Crippen LogP contribution in [0.2, 0.25) is 0 Å². The highest BCUT2D eigenvalue weighted by molar-refractivity contribution is 5.87. The van der Waals surface area contributed by atoms with Crippen LogP contribution in [0.3, 0.4) is 0 Å². The van der Waals surface area contributed by atoms with Crippen LogP contribution in [0.5, 0.6) is 11.5 Å². The SMILES string of the molecule is COc1ccc(CNc2ncnc3c2ccn3[C@@H]2CC(CN(CC3CCC3)C3CC(CCc4nc5ccc(C(C)(C)C)cc5[nH]4)C3)[C@H]3OC(C)(C)O[C@H]32)c(OC)c1. The lowest BCUT2D eigenvalue weighted by molar-refractivity contribution is -0.161. The first-order chi connectivity index (χ1) is 27.4. The predicted molar refractivity (Wildman–Crippen MR) is 224 cm³/mol. The Morgan fingerprint density at radius 1 is 0.947 bits per heavy atom. The highest BCUT2D eigenvalue weighted by Gasteiger charge is 2.55. The summed E-state index contributed by atoms with van der Waals surface area (Å²) in [5.74, 6) is 4.76. The van der Waals surface area contributed by atoms with Gasteiger partial charge in [0.1, 0.15) is 41.2 Å². The van der Waals surface area contributed by atoms with Crippen LogP contribution in [0.25, 0.3) is 22.1 Å². The molecule has 4 heterocycles. The molecule has 1 unspecified atom stereocenters. The Hall–Kier alpha value is -4.19. The fourth-order valence-electron chi connectivity index (χ4n) is 9.97. The van der Waals surface area contributed by atoms with Crippen molar-refractivity contribution in [3.63, 3.8) is 0 Å². The summed E-state index contributed by atoms with van der Waals surface area (Å²) in [7, 11) is 3.35. The third-order valence-electron chi connectivity index (χ3n) is 13.5. The highest BCUT2D eigenvalue weighted by Crippen LogP contribution is 2.49. The zero-order valence-electron chi connectivity index (χ0n) is 34.9. The summed E-state index contributed by atoms with van der Waals surface area (Å²) < 4.78 is 26.9. The number of aromatic amines is 1. The second-order valence-corrected chi connectivity index (χ2v) is 18.8. The molecule has 4 aliphatic rings. The zero-order valence-corrected chi connectivity index (χ0v) is 34.9. The summed E-state index contributed by atoms with van der Waals surface area (Å²) >= 11 is 0. The van der Waals surface area contributed by atoms with Gasteiger partial charge >= 0.3 is 0 Å². The second-order valence-electron chi connectivity index (χ2n) is 18.8. The van der Waals surface area contributed by atoms with Gasteiger partial charge in [-0.05, 0) is 106 Å². The molecular formula is C46H61N7O4. The molecule has 11 heteroatoms. The van der Waals surface area contributed by atoms with E-state index >= 15 is 0 Å². The molecule has 0 spiro atoms. The lowest BCUT2D eigenvalue weighted by Crippen LogP contribution is -2.50. The molecule has 2 aromatic carbocycles. The van der Waals surface area contributed by atoms with Crippen LogP contribution in [0.1, 0.15) is 103 Å². The Bertz CT molecular complexity index is 2200.